The lowest BCUT2D eigenvalue weighted by molar-refractivity contribution is 0.630. The Morgan fingerprint density at radius 3 is 0.714 bits per heavy atom. The van der Waals surface area contributed by atoms with Gasteiger partial charge in [-0.2, -0.15) is 0 Å². The van der Waals surface area contributed by atoms with Crippen molar-refractivity contribution in [2.45, 2.75) is 0 Å². The second kappa shape index (κ2) is 17.0. The van der Waals surface area contributed by atoms with Gasteiger partial charge in [-0.25, -0.2) is 34.3 Å². The monoisotopic (exact) mass is 799 g/mol. The van der Waals surface area contributed by atoms with Gasteiger partial charge in [0, 0.05) is 27.8 Å². The third-order valence-electron chi connectivity index (χ3n) is 15.6. The summed E-state index contributed by atoms with van der Waals surface area (Å²) in [6, 6.07) is 5.04. The smallest absolute Gasteiger partial charge is 0.167 e. The van der Waals surface area contributed by atoms with Crippen molar-refractivity contribution in [2.24, 2.45) is 0 Å². The topological polar surface area (TPSA) is 77.3 Å². The summed E-state index contributed by atoms with van der Waals surface area (Å²) < 4.78 is 16.7. The predicted molar refractivity (Wildman–Crippen MR) is 329 cm³/mol. The highest BCUT2D eigenvalue weighted by atomic mass is 19.1. The summed E-state index contributed by atoms with van der Waals surface area (Å²) in [5.41, 5.74) is 28.3. The molecule has 0 spiro atoms. The fourth-order valence-corrected chi connectivity index (χ4v) is 9.63. The van der Waals surface area contributed by atoms with E-state index in [0.29, 0.717) is 34.7 Å². The maximum Gasteiger partial charge on any atom is 0.167 e. The molecular formula is C36H43B20FN6. The van der Waals surface area contributed by atoms with Crippen molar-refractivity contribution in [3.05, 3.63) is 24.0 Å². The third-order valence-corrected chi connectivity index (χ3v) is 15.6. The van der Waals surface area contributed by atoms with Crippen LogP contribution in [0.25, 0.3) is 68.3 Å². The Kier molecular flexibility index (Phi) is 12.5. The number of aromatic nitrogens is 6. The second-order valence-corrected chi connectivity index (χ2v) is 18.3. The van der Waals surface area contributed by atoms with E-state index in [1.165, 1.54) is 71.6 Å². The molecule has 0 bridgehead atoms. The fourth-order valence-electron chi connectivity index (χ4n) is 9.63. The van der Waals surface area contributed by atoms with Crippen LogP contribution in [0.2, 0.25) is 0 Å². The molecular weight excluding hydrogens is 752 g/mol. The molecule has 0 saturated heterocycles. The van der Waals surface area contributed by atoms with Gasteiger partial charge in [0.1, 0.15) is 163 Å². The molecule has 0 saturated carbocycles. The van der Waals surface area contributed by atoms with Gasteiger partial charge in [-0.05, 0) is 18.2 Å². The molecule has 0 atom stereocenters. The molecule has 284 valence electrons. The van der Waals surface area contributed by atoms with Crippen molar-refractivity contribution in [1.82, 2.24) is 29.9 Å². The summed E-state index contributed by atoms with van der Waals surface area (Å²) in [5, 5.41) is 0. The summed E-state index contributed by atoms with van der Waals surface area (Å²) in [6.45, 7) is 0. The van der Waals surface area contributed by atoms with Crippen molar-refractivity contribution in [3.8, 4) is 68.3 Å². The molecule has 6 nitrogen and oxygen atoms in total. The summed E-state index contributed by atoms with van der Waals surface area (Å²) >= 11 is 0. The fraction of sp³-hybridized carbons (Fsp3) is 0. The van der Waals surface area contributed by atoms with Crippen LogP contribution in [0.5, 0.6) is 0 Å². The molecule has 0 fully saturated rings. The van der Waals surface area contributed by atoms with Crippen LogP contribution in [0.1, 0.15) is 0 Å². The highest BCUT2D eigenvalue weighted by Crippen LogP contribution is 2.29. The van der Waals surface area contributed by atoms with Crippen LogP contribution >= 0.6 is 0 Å². The Hall–Kier alpha value is -4.65. The Morgan fingerprint density at radius 2 is 0.460 bits per heavy atom. The minimum atomic E-state index is -0.446. The summed E-state index contributed by atoms with van der Waals surface area (Å²) in [7, 11) is 43.0. The first-order chi connectivity index (χ1) is 29.5. The van der Waals surface area contributed by atoms with E-state index < -0.39 is 5.82 Å². The zero-order chi connectivity index (χ0) is 46.4. The Bertz CT molecular complexity index is 2880. The summed E-state index contributed by atoms with van der Waals surface area (Å²) in [4.78, 5) is 31.4. The van der Waals surface area contributed by atoms with Crippen LogP contribution in [0, 0.1) is 5.82 Å². The Labute approximate surface area is 390 Å². The van der Waals surface area contributed by atoms with E-state index in [1.807, 2.05) is 0 Å². The van der Waals surface area contributed by atoms with Crippen molar-refractivity contribution in [1.29, 1.82) is 0 Å². The van der Waals surface area contributed by atoms with Crippen LogP contribution in [0.3, 0.4) is 0 Å². The number of hydrogen-bond donors (Lipinski definition) is 0. The number of halogens is 1. The van der Waals surface area contributed by atoms with Gasteiger partial charge < -0.3 is 0 Å². The van der Waals surface area contributed by atoms with Crippen molar-refractivity contribution >= 4 is 266 Å². The Balaban J connectivity index is 1.56. The van der Waals surface area contributed by atoms with E-state index in [4.69, 9.17) is 29.9 Å². The van der Waals surface area contributed by atoms with Gasteiger partial charge in [0.2, 0.25) is 0 Å². The molecule has 0 aliphatic carbocycles. The van der Waals surface area contributed by atoms with Gasteiger partial charge in [-0.15, -0.1) is 65.6 Å². The lowest BCUT2D eigenvalue weighted by atomic mass is 9.60. The standard InChI is InChI=1S/C36H43B20FN6/c37-11-7(12(38)20(46)27(53)19(11)45)33-58-31(59-34(62-33)8-13(39)21(47)28(54)22(48)14(8)40)4-1-2-6(57)5(3-4)32-60-35(9-15(41)23(49)29(55)24(50)16(9)42)63-36(61-32)10-17(43)25(51)30(56)26(52)18(10)44/h1-3H,37-56H2. The van der Waals surface area contributed by atoms with Gasteiger partial charge in [0.05, 0.1) is 5.56 Å². The number of hydrogen-bond acceptors (Lipinski definition) is 6. The second-order valence-electron chi connectivity index (χ2n) is 18.3. The molecule has 2 heterocycles. The van der Waals surface area contributed by atoms with Crippen LogP contribution in [0.15, 0.2) is 18.2 Å². The van der Waals surface area contributed by atoms with Crippen molar-refractivity contribution < 1.29 is 4.39 Å². The lowest BCUT2D eigenvalue weighted by Gasteiger charge is -2.22. The SMILES string of the molecule is Bc1c(B)c(B)c(-c2nc(-c3ccc(F)c(-c4nc(-c5c(B)c(B)c(B)c(B)c5B)nc(-c5c(B)c(B)c(B)c(B)c5B)n4)c3)nc(-c3c(B)c(B)c(B)c(B)c3B)n2)c(B)c1B. The number of nitrogens with zero attached hydrogens (tertiary/aromatic N) is 6. The predicted octanol–water partition coefficient (Wildman–Crippen LogP) is -26.6. The molecule has 0 aliphatic rings. The first-order valence-corrected chi connectivity index (χ1v) is 22.1. The van der Waals surface area contributed by atoms with Gasteiger partial charge in [0.25, 0.3) is 0 Å². The average molecular weight is 795 g/mol. The van der Waals surface area contributed by atoms with Gasteiger partial charge in [-0.3, -0.25) is 0 Å². The van der Waals surface area contributed by atoms with Gasteiger partial charge >= 0.3 is 0 Å². The molecule has 2 aromatic heterocycles. The van der Waals surface area contributed by atoms with Crippen LogP contribution in [-0.4, -0.2) is 187 Å². The molecule has 0 amide bonds. The molecule has 0 unspecified atom stereocenters. The first kappa shape index (κ1) is 46.3. The number of rotatable bonds is 6. The summed E-state index contributed by atoms with van der Waals surface area (Å²) in [6.07, 6.45) is 0. The van der Waals surface area contributed by atoms with Gasteiger partial charge in [-0.1, -0.05) is 43.7 Å². The van der Waals surface area contributed by atoms with E-state index in [0.717, 1.165) is 66.0 Å². The molecule has 0 N–H and O–H groups in total. The van der Waals surface area contributed by atoms with E-state index in [2.05, 4.69) is 157 Å². The average Bonchev–Trinajstić information content (AvgIpc) is 3.26. The number of benzene rings is 5. The van der Waals surface area contributed by atoms with Gasteiger partial charge in [0.15, 0.2) is 34.9 Å². The maximum absolute atomic E-state index is 16.7. The Morgan fingerprint density at radius 1 is 0.254 bits per heavy atom. The van der Waals surface area contributed by atoms with Crippen molar-refractivity contribution in [2.75, 3.05) is 0 Å². The van der Waals surface area contributed by atoms with E-state index >= 15 is 4.39 Å². The zero-order valence-electron chi connectivity index (χ0n) is 41.3. The molecule has 7 rings (SSSR count). The minimum Gasteiger partial charge on any atom is -0.208 e. The van der Waals surface area contributed by atoms with E-state index in [1.54, 1.807) is 12.1 Å². The quantitative estimate of drug-likeness (QED) is 0.156. The lowest BCUT2D eigenvalue weighted by Crippen LogP contribution is -2.55. The molecule has 63 heavy (non-hydrogen) atoms. The van der Waals surface area contributed by atoms with Crippen LogP contribution in [-0.2, 0) is 0 Å². The largest absolute Gasteiger partial charge is 0.208 e. The third kappa shape index (κ3) is 7.57. The molecule has 27 heteroatoms. The van der Waals surface area contributed by atoms with E-state index in [9.17, 15) is 0 Å². The highest BCUT2D eigenvalue weighted by Gasteiger charge is 2.25. The van der Waals surface area contributed by atoms with Crippen LogP contribution in [0.4, 0.5) is 4.39 Å². The summed E-state index contributed by atoms with van der Waals surface area (Å²) in [5.74, 6) is 2.48. The first-order valence-electron chi connectivity index (χ1n) is 22.1. The maximum atomic E-state index is 16.7. The minimum absolute atomic E-state index is 0.247. The zero-order valence-corrected chi connectivity index (χ0v) is 41.3. The van der Waals surface area contributed by atoms with Crippen molar-refractivity contribution in [3.63, 3.8) is 0 Å². The molecule has 0 radical (unpaired) electrons. The van der Waals surface area contributed by atoms with Crippen LogP contribution < -0.4 is 109 Å². The normalized spacial score (nSPS) is 11.3. The van der Waals surface area contributed by atoms with E-state index in [-0.39, 0.29) is 11.4 Å². The molecule has 7 aromatic rings. The molecule has 0 aliphatic heterocycles. The molecule has 5 aromatic carbocycles. The highest BCUT2D eigenvalue weighted by molar-refractivity contribution is 6.72.